The molecule has 2 N–H and O–H groups in total. The molecule has 110 valence electrons. The van der Waals surface area contributed by atoms with Gasteiger partial charge in [-0.25, -0.2) is 0 Å². The summed E-state index contributed by atoms with van der Waals surface area (Å²) < 4.78 is 0. The predicted octanol–water partition coefficient (Wildman–Crippen LogP) is 1.93. The molecule has 1 fully saturated rings. The van der Waals surface area contributed by atoms with Crippen LogP contribution in [0.1, 0.15) is 22.5 Å². The van der Waals surface area contributed by atoms with Gasteiger partial charge in [-0.2, -0.15) is 0 Å². The summed E-state index contributed by atoms with van der Waals surface area (Å²) in [6, 6.07) is 1.73. The molecular weight excluding hydrogens is 300 g/mol. The molecular formula is C13H17ClN2O3S. The lowest BCUT2D eigenvalue weighted by Gasteiger charge is -2.32. The van der Waals surface area contributed by atoms with E-state index >= 15 is 0 Å². The fourth-order valence-corrected chi connectivity index (χ4v) is 3.49. The van der Waals surface area contributed by atoms with E-state index in [2.05, 4.69) is 5.32 Å². The van der Waals surface area contributed by atoms with Crippen molar-refractivity contribution in [3.63, 3.8) is 0 Å². The Morgan fingerprint density at radius 1 is 1.55 bits per heavy atom. The summed E-state index contributed by atoms with van der Waals surface area (Å²) in [5.74, 6) is -0.585. The Bertz CT molecular complexity index is 492. The zero-order valence-corrected chi connectivity index (χ0v) is 12.5. The van der Waals surface area contributed by atoms with Crippen LogP contribution in [0.2, 0.25) is 5.02 Å². The van der Waals surface area contributed by atoms with Gasteiger partial charge in [0.1, 0.15) is 4.88 Å². The highest BCUT2D eigenvalue weighted by Crippen LogP contribution is 2.26. The Morgan fingerprint density at radius 2 is 2.35 bits per heavy atom. The van der Waals surface area contributed by atoms with Crippen LogP contribution in [0.3, 0.4) is 0 Å². The molecule has 0 saturated carbocycles. The lowest BCUT2D eigenvalue weighted by Crippen LogP contribution is -2.43. The van der Waals surface area contributed by atoms with Gasteiger partial charge in [0.2, 0.25) is 0 Å². The van der Waals surface area contributed by atoms with Crippen molar-refractivity contribution in [2.24, 2.45) is 5.92 Å². The topological polar surface area (TPSA) is 69.6 Å². The quantitative estimate of drug-likeness (QED) is 0.871. The Balaban J connectivity index is 1.88. The fraction of sp³-hybridized carbons (Fsp3) is 0.538. The maximum atomic E-state index is 12.3. The van der Waals surface area contributed by atoms with E-state index in [-0.39, 0.29) is 12.5 Å². The molecule has 1 aromatic rings. The van der Waals surface area contributed by atoms with E-state index in [9.17, 15) is 9.59 Å². The number of carboxylic acid groups (broad SMARTS) is 1. The summed E-state index contributed by atoms with van der Waals surface area (Å²) in [6.07, 6.45) is 1.95. The molecule has 2 rings (SSSR count). The lowest BCUT2D eigenvalue weighted by molar-refractivity contribution is -0.136. The van der Waals surface area contributed by atoms with E-state index in [0.29, 0.717) is 28.9 Å². The minimum Gasteiger partial charge on any atom is -0.480 e. The van der Waals surface area contributed by atoms with E-state index in [1.54, 1.807) is 6.07 Å². The first-order valence-corrected chi connectivity index (χ1v) is 7.78. The van der Waals surface area contributed by atoms with Crippen molar-refractivity contribution < 1.29 is 14.7 Å². The molecule has 0 radical (unpaired) electrons. The first-order valence-electron chi connectivity index (χ1n) is 6.52. The maximum Gasteiger partial charge on any atom is 0.317 e. The number of carbonyl (C=O) groups is 2. The number of hydrogen-bond donors (Lipinski definition) is 2. The molecule has 1 aromatic heterocycles. The molecule has 1 atom stereocenters. The fourth-order valence-electron chi connectivity index (χ4n) is 2.39. The van der Waals surface area contributed by atoms with Gasteiger partial charge in [-0.15, -0.1) is 11.3 Å². The van der Waals surface area contributed by atoms with E-state index in [4.69, 9.17) is 16.7 Å². The van der Waals surface area contributed by atoms with Crippen molar-refractivity contribution in [3.8, 4) is 0 Å². The Labute approximate surface area is 126 Å². The van der Waals surface area contributed by atoms with Crippen LogP contribution in [0.15, 0.2) is 11.4 Å². The summed E-state index contributed by atoms with van der Waals surface area (Å²) >= 11 is 7.35. The van der Waals surface area contributed by atoms with Crippen molar-refractivity contribution in [1.29, 1.82) is 0 Å². The number of halogens is 1. The molecule has 0 aromatic carbocycles. The number of rotatable bonds is 5. The van der Waals surface area contributed by atoms with E-state index < -0.39 is 5.97 Å². The van der Waals surface area contributed by atoms with Gasteiger partial charge in [0.05, 0.1) is 11.6 Å². The van der Waals surface area contributed by atoms with Gasteiger partial charge in [-0.3, -0.25) is 9.59 Å². The van der Waals surface area contributed by atoms with Crippen LogP contribution >= 0.6 is 22.9 Å². The number of aliphatic carboxylic acids is 1. The van der Waals surface area contributed by atoms with Gasteiger partial charge < -0.3 is 15.3 Å². The SMILES string of the molecule is O=C(O)CNCC1CCCN(C(=O)c2sccc2Cl)C1. The van der Waals surface area contributed by atoms with E-state index in [0.717, 1.165) is 19.4 Å². The van der Waals surface area contributed by atoms with Crippen LogP contribution < -0.4 is 5.32 Å². The van der Waals surface area contributed by atoms with Crippen molar-refractivity contribution >= 4 is 34.8 Å². The Kier molecular flexibility index (Phi) is 5.39. The summed E-state index contributed by atoms with van der Waals surface area (Å²) in [7, 11) is 0. The molecule has 1 amide bonds. The third kappa shape index (κ3) is 3.94. The van der Waals surface area contributed by atoms with E-state index in [1.165, 1.54) is 11.3 Å². The second kappa shape index (κ2) is 7.06. The maximum absolute atomic E-state index is 12.3. The Morgan fingerprint density at radius 3 is 3.00 bits per heavy atom. The van der Waals surface area contributed by atoms with Crippen LogP contribution in [-0.2, 0) is 4.79 Å². The molecule has 7 heteroatoms. The molecule has 20 heavy (non-hydrogen) atoms. The highest BCUT2D eigenvalue weighted by molar-refractivity contribution is 7.12. The number of thiophene rings is 1. The summed E-state index contributed by atoms with van der Waals surface area (Å²) in [5, 5.41) is 13.8. The molecule has 0 bridgehead atoms. The molecule has 1 aliphatic heterocycles. The number of piperidine rings is 1. The van der Waals surface area contributed by atoms with Gasteiger partial charge >= 0.3 is 5.97 Å². The first kappa shape index (κ1) is 15.3. The van der Waals surface area contributed by atoms with Gasteiger partial charge in [0.25, 0.3) is 5.91 Å². The van der Waals surface area contributed by atoms with Crippen molar-refractivity contribution in [2.45, 2.75) is 12.8 Å². The number of carboxylic acids is 1. The largest absolute Gasteiger partial charge is 0.480 e. The zero-order chi connectivity index (χ0) is 14.5. The molecule has 1 aliphatic rings. The van der Waals surface area contributed by atoms with Crippen LogP contribution in [0.4, 0.5) is 0 Å². The molecule has 0 aliphatic carbocycles. The zero-order valence-electron chi connectivity index (χ0n) is 11.0. The minimum atomic E-state index is -0.862. The van der Waals surface area contributed by atoms with Gasteiger partial charge in [-0.05, 0) is 30.2 Å². The minimum absolute atomic E-state index is 0.0204. The second-order valence-corrected chi connectivity index (χ2v) is 6.21. The average molecular weight is 317 g/mol. The van der Waals surface area contributed by atoms with E-state index in [1.807, 2.05) is 10.3 Å². The molecule has 2 heterocycles. The number of amides is 1. The highest BCUT2D eigenvalue weighted by Gasteiger charge is 2.26. The third-order valence-corrected chi connectivity index (χ3v) is 4.66. The van der Waals surface area contributed by atoms with Crippen molar-refractivity contribution in [3.05, 3.63) is 21.3 Å². The lowest BCUT2D eigenvalue weighted by atomic mass is 9.98. The smallest absolute Gasteiger partial charge is 0.317 e. The standard InChI is InChI=1S/C13H17ClN2O3S/c14-10-3-5-20-12(10)13(19)16-4-1-2-9(8-16)6-15-7-11(17)18/h3,5,9,15H,1-2,4,6-8H2,(H,17,18). The summed E-state index contributed by atoms with van der Waals surface area (Å²) in [5.41, 5.74) is 0. The average Bonchev–Trinajstić information content (AvgIpc) is 2.84. The van der Waals surface area contributed by atoms with Gasteiger partial charge in [-0.1, -0.05) is 11.6 Å². The number of nitrogens with zero attached hydrogens (tertiary/aromatic N) is 1. The van der Waals surface area contributed by atoms with Crippen LogP contribution in [0.5, 0.6) is 0 Å². The number of nitrogens with one attached hydrogen (secondary N) is 1. The summed E-state index contributed by atoms with van der Waals surface area (Å²) in [6.45, 7) is 1.97. The van der Waals surface area contributed by atoms with Gasteiger partial charge in [0, 0.05) is 19.6 Å². The van der Waals surface area contributed by atoms with Crippen molar-refractivity contribution in [1.82, 2.24) is 10.2 Å². The third-order valence-electron chi connectivity index (χ3n) is 3.33. The summed E-state index contributed by atoms with van der Waals surface area (Å²) in [4.78, 5) is 25.2. The highest BCUT2D eigenvalue weighted by atomic mass is 35.5. The molecule has 1 unspecified atom stereocenters. The number of hydrogen-bond acceptors (Lipinski definition) is 4. The molecule has 5 nitrogen and oxygen atoms in total. The Hall–Kier alpha value is -1.11. The van der Waals surface area contributed by atoms with Gasteiger partial charge in [0.15, 0.2) is 0 Å². The number of carbonyl (C=O) groups excluding carboxylic acids is 1. The van der Waals surface area contributed by atoms with Crippen LogP contribution in [0.25, 0.3) is 0 Å². The monoisotopic (exact) mass is 316 g/mol. The molecule has 0 spiro atoms. The van der Waals surface area contributed by atoms with Crippen LogP contribution in [0, 0.1) is 5.92 Å². The first-order chi connectivity index (χ1) is 9.58. The second-order valence-electron chi connectivity index (χ2n) is 4.88. The number of likely N-dealkylation sites (tertiary alicyclic amines) is 1. The predicted molar refractivity (Wildman–Crippen MR) is 78.5 cm³/mol. The van der Waals surface area contributed by atoms with Crippen LogP contribution in [-0.4, -0.2) is 48.1 Å². The normalized spacial score (nSPS) is 19.1. The van der Waals surface area contributed by atoms with Crippen molar-refractivity contribution in [2.75, 3.05) is 26.2 Å². The molecule has 1 saturated heterocycles.